The first kappa shape index (κ1) is 14.0. The molecule has 1 saturated heterocycles. The van der Waals surface area contributed by atoms with E-state index in [-0.39, 0.29) is 0 Å². The fraction of sp³-hybridized carbons (Fsp3) is 0.667. The number of nitrogens with one attached hydrogen (secondary N) is 1. The Labute approximate surface area is 110 Å². The minimum Gasteiger partial charge on any atom is -0.355 e. The summed E-state index contributed by atoms with van der Waals surface area (Å²) in [6.07, 6.45) is -1.41. The second kappa shape index (κ2) is 5.73. The van der Waals surface area contributed by atoms with Crippen molar-refractivity contribution in [1.29, 1.82) is 0 Å². The molecule has 0 amide bonds. The number of anilines is 1. The fourth-order valence-corrected chi connectivity index (χ4v) is 2.24. The van der Waals surface area contributed by atoms with Crippen molar-refractivity contribution in [2.24, 2.45) is 0 Å². The Morgan fingerprint density at radius 2 is 2.00 bits per heavy atom. The lowest BCUT2D eigenvalue weighted by Gasteiger charge is -2.27. The summed E-state index contributed by atoms with van der Waals surface area (Å²) in [7, 11) is 1.85. The van der Waals surface area contributed by atoms with Gasteiger partial charge in [0, 0.05) is 13.1 Å². The number of hydrogen-bond donors (Lipinski definition) is 1. The Kier molecular flexibility index (Phi) is 4.24. The zero-order valence-corrected chi connectivity index (χ0v) is 10.7. The smallest absolute Gasteiger partial charge is 0.355 e. The highest BCUT2D eigenvalue weighted by molar-refractivity contribution is 5.38. The molecule has 1 aliphatic rings. The molecule has 1 N–H and O–H groups in total. The summed E-state index contributed by atoms with van der Waals surface area (Å²) in [6.45, 7) is 1.91. The van der Waals surface area contributed by atoms with E-state index in [2.05, 4.69) is 15.5 Å². The molecule has 4 nitrogen and oxygen atoms in total. The molecule has 0 radical (unpaired) electrons. The maximum atomic E-state index is 12.4. The molecule has 2 heterocycles. The summed E-state index contributed by atoms with van der Waals surface area (Å²) in [5.41, 5.74) is -0.952. The van der Waals surface area contributed by atoms with E-state index in [0.717, 1.165) is 38.4 Å². The zero-order valence-electron chi connectivity index (χ0n) is 10.7. The monoisotopic (exact) mass is 274 g/mol. The molecule has 0 saturated carbocycles. The molecule has 1 atom stereocenters. The predicted molar refractivity (Wildman–Crippen MR) is 65.9 cm³/mol. The van der Waals surface area contributed by atoms with E-state index in [9.17, 15) is 13.2 Å². The van der Waals surface area contributed by atoms with Gasteiger partial charge in [0.05, 0.1) is 0 Å². The van der Waals surface area contributed by atoms with Gasteiger partial charge in [0.15, 0.2) is 11.5 Å². The van der Waals surface area contributed by atoms with Gasteiger partial charge in [-0.1, -0.05) is 0 Å². The summed E-state index contributed by atoms with van der Waals surface area (Å²) in [5, 5.41) is 10.2. The normalized spacial score (nSPS) is 20.9. The Balaban J connectivity index is 2.08. The molecule has 1 unspecified atom stereocenters. The van der Waals surface area contributed by atoms with Gasteiger partial charge in [0.1, 0.15) is 0 Å². The van der Waals surface area contributed by atoms with Crippen LogP contribution in [0.2, 0.25) is 0 Å². The highest BCUT2D eigenvalue weighted by atomic mass is 19.4. The maximum Gasteiger partial charge on any atom is 0.435 e. The van der Waals surface area contributed by atoms with Gasteiger partial charge in [-0.15, -0.1) is 10.2 Å². The molecule has 0 bridgehead atoms. The first-order valence-corrected chi connectivity index (χ1v) is 6.33. The third-order valence-electron chi connectivity index (χ3n) is 3.40. The largest absolute Gasteiger partial charge is 0.435 e. The van der Waals surface area contributed by atoms with Gasteiger partial charge in [-0.25, -0.2) is 0 Å². The van der Waals surface area contributed by atoms with Crippen molar-refractivity contribution in [3.63, 3.8) is 0 Å². The van der Waals surface area contributed by atoms with Crippen LogP contribution in [0.15, 0.2) is 12.1 Å². The lowest BCUT2D eigenvalue weighted by Crippen LogP contribution is -2.33. The van der Waals surface area contributed by atoms with E-state index in [0.29, 0.717) is 11.9 Å². The van der Waals surface area contributed by atoms with Crippen LogP contribution in [0.3, 0.4) is 0 Å². The lowest BCUT2D eigenvalue weighted by atomic mass is 10.1. The number of rotatable bonds is 2. The highest BCUT2D eigenvalue weighted by Gasteiger charge is 2.33. The van der Waals surface area contributed by atoms with E-state index in [1.807, 2.05) is 11.9 Å². The summed E-state index contributed by atoms with van der Waals surface area (Å²) in [5.74, 6) is 0.486. The van der Waals surface area contributed by atoms with Crippen LogP contribution < -0.4 is 10.2 Å². The molecule has 106 valence electrons. The number of hydrogen-bond acceptors (Lipinski definition) is 4. The Morgan fingerprint density at radius 1 is 1.21 bits per heavy atom. The number of aromatic nitrogens is 2. The highest BCUT2D eigenvalue weighted by Crippen LogP contribution is 2.28. The second-order valence-electron chi connectivity index (χ2n) is 4.72. The summed E-state index contributed by atoms with van der Waals surface area (Å²) >= 11 is 0. The van der Waals surface area contributed by atoms with Crippen molar-refractivity contribution in [2.45, 2.75) is 31.5 Å². The van der Waals surface area contributed by atoms with E-state index in [1.165, 1.54) is 6.07 Å². The summed E-state index contributed by atoms with van der Waals surface area (Å²) < 4.78 is 37.2. The van der Waals surface area contributed by atoms with Crippen LogP contribution in [0.25, 0.3) is 0 Å². The number of nitrogens with zero attached hydrogens (tertiary/aromatic N) is 3. The Morgan fingerprint density at radius 3 is 2.63 bits per heavy atom. The van der Waals surface area contributed by atoms with Gasteiger partial charge in [-0.05, 0) is 44.5 Å². The first-order valence-electron chi connectivity index (χ1n) is 6.33. The van der Waals surface area contributed by atoms with Crippen molar-refractivity contribution < 1.29 is 13.2 Å². The average molecular weight is 274 g/mol. The third kappa shape index (κ3) is 3.56. The molecule has 1 aliphatic heterocycles. The predicted octanol–water partition coefficient (Wildman–Crippen LogP) is 2.07. The topological polar surface area (TPSA) is 41.1 Å². The first-order chi connectivity index (χ1) is 8.98. The summed E-state index contributed by atoms with van der Waals surface area (Å²) in [6, 6.07) is 2.66. The van der Waals surface area contributed by atoms with Gasteiger partial charge in [-0.2, -0.15) is 13.2 Å². The van der Waals surface area contributed by atoms with Crippen molar-refractivity contribution in [3.05, 3.63) is 17.8 Å². The van der Waals surface area contributed by atoms with E-state index in [1.54, 1.807) is 0 Å². The van der Waals surface area contributed by atoms with Crippen LogP contribution in [0.1, 0.15) is 25.0 Å². The molecule has 19 heavy (non-hydrogen) atoms. The Bertz CT molecular complexity index is 396. The third-order valence-corrected chi connectivity index (χ3v) is 3.40. The van der Waals surface area contributed by atoms with Gasteiger partial charge < -0.3 is 10.2 Å². The van der Waals surface area contributed by atoms with Crippen LogP contribution in [0, 0.1) is 0 Å². The van der Waals surface area contributed by atoms with Gasteiger partial charge in [0.25, 0.3) is 0 Å². The van der Waals surface area contributed by atoms with Gasteiger partial charge in [-0.3, -0.25) is 0 Å². The van der Waals surface area contributed by atoms with E-state index < -0.39 is 11.9 Å². The number of halogens is 3. The van der Waals surface area contributed by atoms with Crippen LogP contribution >= 0.6 is 0 Å². The lowest BCUT2D eigenvalue weighted by molar-refractivity contribution is -0.141. The maximum absolute atomic E-state index is 12.4. The molecule has 1 aromatic heterocycles. The molecule has 1 fully saturated rings. The fourth-order valence-electron chi connectivity index (χ4n) is 2.24. The molecular weight excluding hydrogens is 257 g/mol. The zero-order chi connectivity index (χ0) is 13.9. The SMILES string of the molecule is CN(c1ccc(C(F)(F)F)nn1)C1CCCNCC1. The van der Waals surface area contributed by atoms with Crippen molar-refractivity contribution in [1.82, 2.24) is 15.5 Å². The second-order valence-corrected chi connectivity index (χ2v) is 4.72. The van der Waals surface area contributed by atoms with Crippen LogP contribution in [-0.4, -0.2) is 36.4 Å². The van der Waals surface area contributed by atoms with Crippen molar-refractivity contribution in [2.75, 3.05) is 25.0 Å². The standard InChI is InChI=1S/C12H17F3N4/c1-19(9-3-2-7-16-8-6-9)11-5-4-10(17-18-11)12(13,14)15/h4-5,9,16H,2-3,6-8H2,1H3. The number of alkyl halides is 3. The molecule has 0 aliphatic carbocycles. The van der Waals surface area contributed by atoms with Crippen molar-refractivity contribution in [3.8, 4) is 0 Å². The van der Waals surface area contributed by atoms with Crippen LogP contribution in [0.5, 0.6) is 0 Å². The van der Waals surface area contributed by atoms with Crippen molar-refractivity contribution >= 4 is 5.82 Å². The minimum absolute atomic E-state index is 0.293. The molecule has 1 aromatic rings. The van der Waals surface area contributed by atoms with Gasteiger partial charge in [0.2, 0.25) is 0 Å². The molecular formula is C12H17F3N4. The summed E-state index contributed by atoms with van der Waals surface area (Å²) in [4.78, 5) is 1.92. The molecule has 0 spiro atoms. The van der Waals surface area contributed by atoms with Crippen LogP contribution in [0.4, 0.5) is 19.0 Å². The van der Waals surface area contributed by atoms with Crippen LogP contribution in [-0.2, 0) is 6.18 Å². The Hall–Kier alpha value is -1.37. The minimum atomic E-state index is -4.43. The van der Waals surface area contributed by atoms with E-state index >= 15 is 0 Å². The van der Waals surface area contributed by atoms with E-state index in [4.69, 9.17) is 0 Å². The van der Waals surface area contributed by atoms with Gasteiger partial charge >= 0.3 is 6.18 Å². The average Bonchev–Trinajstić information content (AvgIpc) is 2.66. The quantitative estimate of drug-likeness (QED) is 0.896. The molecule has 0 aromatic carbocycles. The molecule has 2 rings (SSSR count). The molecule has 7 heteroatoms.